The molecule has 1 atom stereocenters. The first-order valence-corrected chi connectivity index (χ1v) is 5.63. The first kappa shape index (κ1) is 42.9. The molecule has 98 valence electrons. The maximum Gasteiger partial charge on any atom is 2.00 e. The molecular weight excluding hydrogens is 411 g/mol. The van der Waals surface area contributed by atoms with Crippen LogP contribution in [0.4, 0.5) is 0 Å². The van der Waals surface area contributed by atoms with Crippen molar-refractivity contribution in [1.82, 2.24) is 0 Å². The summed E-state index contributed by atoms with van der Waals surface area (Å²) in [5.74, 6) is 0. The van der Waals surface area contributed by atoms with Gasteiger partial charge in [0.25, 0.3) is 0 Å². The van der Waals surface area contributed by atoms with E-state index in [0.717, 1.165) is 0 Å². The SMILES string of the molecule is O=PO.O=PO.O=PO.O=P[O-].O=P[O-].P.[Zn+2]. The van der Waals surface area contributed by atoms with E-state index in [4.69, 9.17) is 47.3 Å². The molecule has 0 rings (SSSR count). The van der Waals surface area contributed by atoms with E-state index in [1.807, 2.05) is 0 Å². The molecule has 0 aliphatic heterocycles. The summed E-state index contributed by atoms with van der Waals surface area (Å²) in [4.78, 5) is 37.7. The summed E-state index contributed by atoms with van der Waals surface area (Å²) >= 11 is 0. The third kappa shape index (κ3) is 2230. The summed E-state index contributed by atoms with van der Waals surface area (Å²) in [5, 5.41) is 0. The average Bonchev–Trinajstić information content (AvgIpc) is 2.09. The van der Waals surface area contributed by atoms with Gasteiger partial charge in [-0.15, -0.1) is 0 Å². The van der Waals surface area contributed by atoms with Gasteiger partial charge in [-0.05, 0) is 0 Å². The number of hydrogen-bond acceptors (Lipinski definition) is 7. The molecule has 10 nitrogen and oxygen atoms in total. The largest absolute Gasteiger partial charge is 2.00 e. The van der Waals surface area contributed by atoms with Crippen LogP contribution < -0.4 is 9.79 Å². The molecule has 0 saturated carbocycles. The number of hydrogen-bond donors (Lipinski definition) is 3. The van der Waals surface area contributed by atoms with Crippen molar-refractivity contribution in [3.63, 3.8) is 0 Å². The fourth-order valence-corrected chi connectivity index (χ4v) is 0. The third-order valence-corrected chi connectivity index (χ3v) is 0. The molecule has 0 heterocycles. The quantitative estimate of drug-likeness (QED) is 0.349. The van der Waals surface area contributed by atoms with Crippen LogP contribution >= 0.6 is 53.3 Å². The molecule has 17 heteroatoms. The smallest absolute Gasteiger partial charge is 0.772 e. The van der Waals surface area contributed by atoms with Crippen LogP contribution in [0.3, 0.4) is 0 Å². The molecule has 0 aromatic carbocycles. The zero-order valence-electron chi connectivity index (χ0n) is 7.85. The summed E-state index contributed by atoms with van der Waals surface area (Å²) < 4.78 is 42.1. The van der Waals surface area contributed by atoms with Crippen LogP contribution in [0.15, 0.2) is 0 Å². The average molecular weight is 417 g/mol. The first-order chi connectivity index (χ1) is 7.07. The van der Waals surface area contributed by atoms with E-state index in [1.54, 1.807) is 0 Å². The molecular formula is H6O10P6Zn. The van der Waals surface area contributed by atoms with E-state index in [0.29, 0.717) is 0 Å². The second kappa shape index (κ2) is 115. The Labute approximate surface area is 120 Å². The Morgan fingerprint density at radius 3 is 0.647 bits per heavy atom. The Bertz CT molecular complexity index is 93.1. The summed E-state index contributed by atoms with van der Waals surface area (Å²) in [6.45, 7) is 0. The maximum atomic E-state index is 8.46. The molecule has 3 N–H and O–H groups in total. The second-order valence-corrected chi connectivity index (χ2v) is 1.18. The fourth-order valence-electron chi connectivity index (χ4n) is 0. The fraction of sp³-hybridized carbons (Fsp3) is 0. The van der Waals surface area contributed by atoms with E-state index >= 15 is 0 Å². The monoisotopic (exact) mass is 416 g/mol. The molecule has 0 aliphatic rings. The molecule has 1 unspecified atom stereocenters. The van der Waals surface area contributed by atoms with Crippen molar-refractivity contribution in [3.05, 3.63) is 0 Å². The van der Waals surface area contributed by atoms with Gasteiger partial charge in [0.05, 0.1) is 17.4 Å². The van der Waals surface area contributed by atoms with E-state index in [1.165, 1.54) is 0 Å². The van der Waals surface area contributed by atoms with Gasteiger partial charge in [-0.1, -0.05) is 0 Å². The van der Waals surface area contributed by atoms with Gasteiger partial charge in [0.1, 0.15) is 0 Å². The molecule has 0 aromatic heterocycles. The van der Waals surface area contributed by atoms with Gasteiger partial charge in [0, 0.05) is 0 Å². The topological polar surface area (TPSA) is 192 Å². The van der Waals surface area contributed by atoms with Crippen molar-refractivity contribution >= 4 is 53.3 Å². The summed E-state index contributed by atoms with van der Waals surface area (Å²) in [5.41, 5.74) is 0. The van der Waals surface area contributed by atoms with Crippen molar-refractivity contribution in [2.24, 2.45) is 0 Å². The third-order valence-electron chi connectivity index (χ3n) is 0. The van der Waals surface area contributed by atoms with Crippen LogP contribution in [-0.4, -0.2) is 14.7 Å². The predicted octanol–water partition coefficient (Wildman–Crippen LogP) is -0.281. The summed E-state index contributed by atoms with van der Waals surface area (Å²) in [7, 11) is -4.67. The molecule has 0 aliphatic carbocycles. The van der Waals surface area contributed by atoms with Crippen molar-refractivity contribution in [3.8, 4) is 0 Å². The number of rotatable bonds is 0. The minimum absolute atomic E-state index is 0. The summed E-state index contributed by atoms with van der Waals surface area (Å²) in [6.07, 6.45) is 0. The Balaban J connectivity index is -0.0000000143. The van der Waals surface area contributed by atoms with E-state index in [-0.39, 0.29) is 29.4 Å². The standard InChI is InChI=1S/5HO2P.H3P.Zn/c5*1-3-2;;/h5*(H,1,2);1H3;/q;;;;;;+2/p-2. The van der Waals surface area contributed by atoms with Crippen LogP contribution in [-0.2, 0) is 42.3 Å². The first-order valence-electron chi connectivity index (χ1n) is 1.88. The van der Waals surface area contributed by atoms with Crippen LogP contribution in [0, 0.1) is 0 Å². The van der Waals surface area contributed by atoms with Gasteiger partial charge >= 0.3 is 45.5 Å². The van der Waals surface area contributed by atoms with Crippen molar-refractivity contribution in [2.45, 2.75) is 0 Å². The minimum Gasteiger partial charge on any atom is -0.772 e. The Morgan fingerprint density at radius 2 is 0.647 bits per heavy atom. The molecule has 0 saturated heterocycles. The van der Waals surface area contributed by atoms with Gasteiger partial charge in [-0.25, -0.2) is 13.7 Å². The van der Waals surface area contributed by atoms with Crippen molar-refractivity contribution in [1.29, 1.82) is 0 Å². The van der Waals surface area contributed by atoms with Crippen molar-refractivity contribution in [2.75, 3.05) is 0 Å². The van der Waals surface area contributed by atoms with Gasteiger partial charge in [-0.2, -0.15) is 9.90 Å². The molecule has 0 radical (unpaired) electrons. The molecule has 0 bridgehead atoms. The second-order valence-electron chi connectivity index (χ2n) is 0.394. The summed E-state index contributed by atoms with van der Waals surface area (Å²) in [6, 6.07) is 0. The molecule has 17 heavy (non-hydrogen) atoms. The normalized spacial score (nSPS) is 6.18. The van der Waals surface area contributed by atoms with Gasteiger partial charge < -0.3 is 24.5 Å². The van der Waals surface area contributed by atoms with Gasteiger partial charge in [0.2, 0.25) is 0 Å². The molecule has 0 spiro atoms. The minimum atomic E-state index is -1.08. The molecule has 0 amide bonds. The predicted molar refractivity (Wildman–Crippen MR) is 55.8 cm³/mol. The van der Waals surface area contributed by atoms with Crippen LogP contribution in [0.1, 0.15) is 0 Å². The Hall–Kier alpha value is 1.35. The maximum absolute atomic E-state index is 8.46. The Morgan fingerprint density at radius 1 is 0.647 bits per heavy atom. The van der Waals surface area contributed by atoms with E-state index < -0.39 is 43.4 Å². The van der Waals surface area contributed by atoms with E-state index in [2.05, 4.69) is 0 Å². The van der Waals surface area contributed by atoms with Crippen LogP contribution in [0.25, 0.3) is 0 Å². The zero-order chi connectivity index (χ0) is 13.5. The van der Waals surface area contributed by atoms with Gasteiger partial charge in [-0.3, -0.25) is 9.13 Å². The van der Waals surface area contributed by atoms with Crippen LogP contribution in [0.2, 0.25) is 0 Å². The van der Waals surface area contributed by atoms with Crippen molar-refractivity contribution < 1.29 is 66.8 Å². The molecule has 0 aromatic rings. The van der Waals surface area contributed by atoms with Crippen LogP contribution in [0.5, 0.6) is 0 Å². The van der Waals surface area contributed by atoms with E-state index in [9.17, 15) is 0 Å². The Kier molecular flexibility index (Phi) is 290. The van der Waals surface area contributed by atoms with Gasteiger partial charge in [0.15, 0.2) is 0 Å². The zero-order valence-corrected chi connectivity index (χ0v) is 16.7. The molecule has 0 fully saturated rings.